The van der Waals surface area contributed by atoms with Gasteiger partial charge in [-0.1, -0.05) is 11.6 Å². The zero-order valence-corrected chi connectivity index (χ0v) is 11.1. The first-order valence-corrected chi connectivity index (χ1v) is 5.98. The molecule has 20 heavy (non-hydrogen) atoms. The van der Waals surface area contributed by atoms with E-state index in [-0.39, 0.29) is 16.3 Å². The molecule has 7 heteroatoms. The fourth-order valence-corrected chi connectivity index (χ4v) is 1.84. The fraction of sp³-hybridized carbons (Fsp3) is 0.0769. The van der Waals surface area contributed by atoms with E-state index >= 15 is 0 Å². The zero-order chi connectivity index (χ0) is 14.7. The number of aromatic nitrogens is 1. The molecule has 0 unspecified atom stereocenters. The van der Waals surface area contributed by atoms with Crippen LogP contribution in [0.2, 0.25) is 5.02 Å². The second-order valence-electron chi connectivity index (χ2n) is 3.92. The Bertz CT molecular complexity index is 644. The van der Waals surface area contributed by atoms with Gasteiger partial charge in [-0.3, -0.25) is 4.79 Å². The van der Waals surface area contributed by atoms with Crippen LogP contribution >= 0.6 is 11.6 Å². The van der Waals surface area contributed by atoms with E-state index in [1.54, 1.807) is 7.05 Å². The van der Waals surface area contributed by atoms with Crippen molar-refractivity contribution in [1.29, 1.82) is 0 Å². The van der Waals surface area contributed by atoms with Gasteiger partial charge in [-0.2, -0.15) is 0 Å². The van der Waals surface area contributed by atoms with Gasteiger partial charge in [0.1, 0.15) is 17.5 Å². The van der Waals surface area contributed by atoms with E-state index < -0.39 is 17.5 Å². The van der Waals surface area contributed by atoms with Gasteiger partial charge in [-0.15, -0.1) is 0 Å². The molecule has 1 amide bonds. The predicted molar refractivity (Wildman–Crippen MR) is 73.1 cm³/mol. The average molecular weight is 298 g/mol. The number of anilines is 2. The summed E-state index contributed by atoms with van der Waals surface area (Å²) in [4.78, 5) is 15.9. The van der Waals surface area contributed by atoms with Gasteiger partial charge in [0.25, 0.3) is 5.91 Å². The number of carbonyl (C=O) groups is 1. The van der Waals surface area contributed by atoms with Crippen LogP contribution in [0.3, 0.4) is 0 Å². The van der Waals surface area contributed by atoms with Crippen LogP contribution in [-0.4, -0.2) is 17.9 Å². The van der Waals surface area contributed by atoms with Crippen LogP contribution in [0.1, 0.15) is 10.4 Å². The molecule has 4 nitrogen and oxygen atoms in total. The quantitative estimate of drug-likeness (QED) is 0.914. The highest BCUT2D eigenvalue weighted by atomic mass is 35.5. The van der Waals surface area contributed by atoms with Crippen molar-refractivity contribution in [2.75, 3.05) is 17.7 Å². The first kappa shape index (κ1) is 14.2. The number of halogens is 3. The fourth-order valence-electron chi connectivity index (χ4n) is 1.58. The van der Waals surface area contributed by atoms with E-state index in [0.717, 1.165) is 18.2 Å². The lowest BCUT2D eigenvalue weighted by Gasteiger charge is -2.07. The van der Waals surface area contributed by atoms with E-state index in [1.807, 2.05) is 0 Å². The number of nitrogens with one attached hydrogen (secondary N) is 2. The minimum Gasteiger partial charge on any atom is -0.372 e. The van der Waals surface area contributed by atoms with Crippen molar-refractivity contribution in [3.63, 3.8) is 0 Å². The monoisotopic (exact) mass is 297 g/mol. The van der Waals surface area contributed by atoms with Gasteiger partial charge in [0.15, 0.2) is 0 Å². The summed E-state index contributed by atoms with van der Waals surface area (Å²) in [7, 11) is 1.64. The molecule has 2 aromatic rings. The normalized spacial score (nSPS) is 10.2. The second-order valence-corrected chi connectivity index (χ2v) is 4.32. The van der Waals surface area contributed by atoms with Crippen molar-refractivity contribution in [3.8, 4) is 0 Å². The average Bonchev–Trinajstić information content (AvgIpc) is 2.37. The maximum atomic E-state index is 13.0. The molecule has 104 valence electrons. The molecule has 0 aliphatic rings. The Hall–Kier alpha value is -2.21. The molecule has 2 rings (SSSR count). The zero-order valence-electron chi connectivity index (χ0n) is 10.4. The maximum absolute atomic E-state index is 13.0. The SMILES string of the molecule is CNc1ncc(C(=O)Nc2cc(F)cc(F)c2)cc1Cl. The Morgan fingerprint density at radius 2 is 1.85 bits per heavy atom. The van der Waals surface area contributed by atoms with E-state index in [9.17, 15) is 13.6 Å². The first-order chi connectivity index (χ1) is 9.49. The summed E-state index contributed by atoms with van der Waals surface area (Å²) < 4.78 is 26.0. The van der Waals surface area contributed by atoms with Gasteiger partial charge >= 0.3 is 0 Å². The highest BCUT2D eigenvalue weighted by Crippen LogP contribution is 2.20. The van der Waals surface area contributed by atoms with Gasteiger partial charge in [0.2, 0.25) is 0 Å². The van der Waals surface area contributed by atoms with Crippen molar-refractivity contribution in [3.05, 3.63) is 52.7 Å². The van der Waals surface area contributed by atoms with Crippen molar-refractivity contribution in [2.24, 2.45) is 0 Å². The van der Waals surface area contributed by atoms with Crippen molar-refractivity contribution in [2.45, 2.75) is 0 Å². The standard InChI is InChI=1S/C13H10ClF2N3O/c1-17-12-11(14)2-7(6-18-12)13(20)19-10-4-8(15)3-9(16)5-10/h2-6H,1H3,(H,17,18)(H,19,20). The molecule has 0 bridgehead atoms. The van der Waals surface area contributed by atoms with Crippen molar-refractivity contribution in [1.82, 2.24) is 4.98 Å². The van der Waals surface area contributed by atoms with Crippen molar-refractivity contribution < 1.29 is 13.6 Å². The minimum absolute atomic E-state index is 0.0151. The number of amides is 1. The molecule has 0 saturated heterocycles. The molecule has 0 atom stereocenters. The van der Waals surface area contributed by atoms with Gasteiger partial charge in [0.05, 0.1) is 10.6 Å². The molecule has 0 aliphatic heterocycles. The Balaban J connectivity index is 2.21. The molecule has 0 radical (unpaired) electrons. The molecular weight excluding hydrogens is 288 g/mol. The lowest BCUT2D eigenvalue weighted by atomic mass is 10.2. The molecular formula is C13H10ClF2N3O. The lowest BCUT2D eigenvalue weighted by Crippen LogP contribution is -2.13. The van der Waals surface area contributed by atoms with Crippen molar-refractivity contribution >= 4 is 29.0 Å². The van der Waals surface area contributed by atoms with Crippen LogP contribution in [0.25, 0.3) is 0 Å². The molecule has 1 heterocycles. The number of benzene rings is 1. The summed E-state index contributed by atoms with van der Waals surface area (Å²) in [5.74, 6) is -1.68. The predicted octanol–water partition coefficient (Wildman–Crippen LogP) is 3.31. The summed E-state index contributed by atoms with van der Waals surface area (Å²) in [5, 5.41) is 5.39. The van der Waals surface area contributed by atoms with E-state index in [0.29, 0.717) is 5.82 Å². The van der Waals surface area contributed by atoms with Gasteiger partial charge in [0, 0.05) is 25.0 Å². The number of pyridine rings is 1. The van der Waals surface area contributed by atoms with Crippen LogP contribution in [-0.2, 0) is 0 Å². The smallest absolute Gasteiger partial charge is 0.257 e. The highest BCUT2D eigenvalue weighted by molar-refractivity contribution is 6.33. The van der Waals surface area contributed by atoms with Crippen LogP contribution in [0.4, 0.5) is 20.3 Å². The lowest BCUT2D eigenvalue weighted by molar-refractivity contribution is 0.102. The Labute approximate surface area is 118 Å². The number of hydrogen-bond donors (Lipinski definition) is 2. The number of carbonyl (C=O) groups excluding carboxylic acids is 1. The van der Waals surface area contributed by atoms with E-state index in [4.69, 9.17) is 11.6 Å². The third kappa shape index (κ3) is 3.21. The molecule has 0 fully saturated rings. The Morgan fingerprint density at radius 1 is 1.20 bits per heavy atom. The Kier molecular flexibility index (Phi) is 4.14. The van der Waals surface area contributed by atoms with Gasteiger partial charge < -0.3 is 10.6 Å². The van der Waals surface area contributed by atoms with Crippen LogP contribution in [0.15, 0.2) is 30.5 Å². The molecule has 0 saturated carbocycles. The number of rotatable bonds is 3. The first-order valence-electron chi connectivity index (χ1n) is 5.60. The second kappa shape index (κ2) is 5.83. The molecule has 1 aromatic heterocycles. The highest BCUT2D eigenvalue weighted by Gasteiger charge is 2.11. The molecule has 2 N–H and O–H groups in total. The Morgan fingerprint density at radius 3 is 2.40 bits per heavy atom. The molecule has 0 aliphatic carbocycles. The number of hydrogen-bond acceptors (Lipinski definition) is 3. The minimum atomic E-state index is -0.776. The summed E-state index contributed by atoms with van der Waals surface area (Å²) in [5.41, 5.74) is 0.194. The van der Waals surface area contributed by atoms with E-state index in [1.165, 1.54) is 12.3 Å². The third-order valence-electron chi connectivity index (χ3n) is 2.46. The summed E-state index contributed by atoms with van der Waals surface area (Å²) >= 11 is 5.90. The summed E-state index contributed by atoms with van der Waals surface area (Å²) in [6.45, 7) is 0. The number of nitrogens with zero attached hydrogens (tertiary/aromatic N) is 1. The van der Waals surface area contributed by atoms with Crippen LogP contribution in [0, 0.1) is 11.6 Å². The van der Waals surface area contributed by atoms with Crippen LogP contribution in [0.5, 0.6) is 0 Å². The third-order valence-corrected chi connectivity index (χ3v) is 2.75. The summed E-state index contributed by atoms with van der Waals surface area (Å²) in [6, 6.07) is 4.15. The van der Waals surface area contributed by atoms with Gasteiger partial charge in [-0.05, 0) is 18.2 Å². The maximum Gasteiger partial charge on any atom is 0.257 e. The summed E-state index contributed by atoms with van der Waals surface area (Å²) in [6.07, 6.45) is 1.31. The van der Waals surface area contributed by atoms with Gasteiger partial charge in [-0.25, -0.2) is 13.8 Å². The van der Waals surface area contributed by atoms with E-state index in [2.05, 4.69) is 15.6 Å². The van der Waals surface area contributed by atoms with Crippen LogP contribution < -0.4 is 10.6 Å². The topological polar surface area (TPSA) is 54.0 Å². The molecule has 0 spiro atoms. The largest absolute Gasteiger partial charge is 0.372 e. The molecule has 1 aromatic carbocycles.